The Morgan fingerprint density at radius 1 is 0.812 bits per heavy atom. The molecule has 0 aromatic rings. The first-order chi connectivity index (χ1) is 4.91. The van der Waals surface area contributed by atoms with E-state index in [0.29, 0.717) is 0 Å². The van der Waals surface area contributed by atoms with E-state index in [2.05, 4.69) is 22.5 Å². The van der Waals surface area contributed by atoms with E-state index in [9.17, 15) is 0 Å². The van der Waals surface area contributed by atoms with Gasteiger partial charge in [-0.3, -0.25) is 21.0 Å². The first-order valence-electron chi connectivity index (χ1n) is 1.32. The van der Waals surface area contributed by atoms with Crippen LogP contribution in [0.3, 0.4) is 0 Å². The fraction of sp³-hybridized carbons (Fsp3) is 1.00. The number of hydrogen-bond donors (Lipinski definition) is 6. The van der Waals surface area contributed by atoms with Crippen molar-refractivity contribution in [2.24, 2.45) is 0 Å². The highest BCUT2D eigenvalue weighted by atomic mass is 32.1. The molecule has 0 atom stereocenters. The monoisotopic (exact) mass is 288 g/mol. The molecule has 0 radical (unpaired) electrons. The van der Waals surface area contributed by atoms with E-state index in [1.165, 1.54) is 0 Å². The van der Waals surface area contributed by atoms with Gasteiger partial charge in [-0.2, -0.15) is 4.33 Å². The van der Waals surface area contributed by atoms with Crippen LogP contribution in [0.15, 0.2) is 0 Å². The summed E-state index contributed by atoms with van der Waals surface area (Å²) in [5.41, 5.74) is 0. The molecule has 0 saturated heterocycles. The van der Waals surface area contributed by atoms with Gasteiger partial charge in [-0.05, 0) is 0 Å². The second kappa shape index (κ2) is 8830. The van der Waals surface area contributed by atoms with Crippen LogP contribution >= 0.6 is 12.9 Å². The lowest BCUT2D eigenvalue weighted by Gasteiger charge is -1.56. The normalized spacial score (nSPS) is 2.94. The molecule has 0 aliphatic heterocycles. The Balaban J connectivity index is -0.00000000287. The molecule has 16 heavy (non-hydrogen) atoms. The smallest absolute Gasteiger partial charge is 0.256 e. The quantitative estimate of drug-likeness (QED) is 0.151. The summed E-state index contributed by atoms with van der Waals surface area (Å²) in [5, 5.41) is 27.2. The van der Waals surface area contributed by atoms with Crippen LogP contribution in [-0.4, -0.2) is 48.2 Å². The number of thiol groups is 1. The van der Waals surface area contributed by atoms with Crippen LogP contribution < -0.4 is 0 Å². The maximum atomic E-state index is 7.00. The van der Waals surface area contributed by atoms with Crippen LogP contribution in [0.25, 0.3) is 1.43 Å². The molecule has 0 aliphatic carbocycles. The molecule has 0 heterocycles. The van der Waals surface area contributed by atoms with Crippen molar-refractivity contribution in [2.75, 3.05) is 0 Å². The van der Waals surface area contributed by atoms with Gasteiger partial charge in [-0.25, -0.2) is 5.26 Å². The van der Waals surface area contributed by atoms with Crippen molar-refractivity contribution >= 4 is 12.9 Å². The second-order valence-corrected chi connectivity index (χ2v) is 0.224. The van der Waals surface area contributed by atoms with Crippen molar-refractivity contribution in [2.45, 2.75) is 22.3 Å². The minimum absolute atomic E-state index is 0. The van der Waals surface area contributed by atoms with Gasteiger partial charge in [0.25, 0.3) is 1.43 Å². The standard InChI is InChI=1S/3CH4.H2O2S.2H2O2.O2.4H2O/c;;;1-2-3;3*1-2;;;;/h3*1H4;1,3H;2*1-2H;;4*1H2/i/hT. The van der Waals surface area contributed by atoms with E-state index >= 15 is 0 Å². The Hall–Kier alpha value is -0.450. The zero-order chi connectivity index (χ0) is 9.41. The van der Waals surface area contributed by atoms with E-state index in [4.69, 9.17) is 32.4 Å². The molecule has 0 amide bonds. The molecule has 0 aromatic heterocycles. The van der Waals surface area contributed by atoms with Crippen molar-refractivity contribution in [1.29, 1.82) is 1.43 Å². The number of hydrogen-bond acceptors (Lipinski definition) is 9. The molecule has 0 fully saturated rings. The molecule has 0 aliphatic rings. The maximum Gasteiger partial charge on any atom is 0.256 e. The Labute approximate surface area is 100 Å². The Morgan fingerprint density at radius 3 is 0.875 bits per heavy atom. The summed E-state index contributed by atoms with van der Waals surface area (Å²) in [6.07, 6.45) is 0. The van der Waals surface area contributed by atoms with Crippen molar-refractivity contribution in [1.82, 2.24) is 0 Å². The highest BCUT2D eigenvalue weighted by Gasteiger charge is 1.28. The third-order valence-corrected chi connectivity index (χ3v) is 0. The Kier molecular flexibility index (Phi) is 59000. The molecule has 0 unspecified atom stereocenters. The first kappa shape index (κ1) is 107. The van der Waals surface area contributed by atoms with Gasteiger partial charge in [0.05, 0.1) is 0 Å². The lowest BCUT2D eigenvalue weighted by atomic mass is 12.0. The largest absolute Gasteiger partial charge is 0.412 e. The summed E-state index contributed by atoms with van der Waals surface area (Å²) < 4.78 is 9.06. The molecular weight excluding hydrogens is 260 g/mol. The van der Waals surface area contributed by atoms with Crippen LogP contribution in [0.4, 0.5) is 0 Å². The van der Waals surface area contributed by atoms with Crippen LogP contribution in [-0.2, 0) is 4.33 Å². The van der Waals surface area contributed by atoms with Crippen LogP contribution in [0.1, 0.15) is 22.3 Å². The van der Waals surface area contributed by atoms with Crippen molar-refractivity contribution in [3.63, 3.8) is 0 Å². The molecule has 116 valence electrons. The molecule has 0 bridgehead atoms. The SMILES string of the molecule is C.C.C.O.O.O.O.O=O.OO.OO.[3H]OOS. The Bertz CT molecular complexity index is 29.2. The molecule has 12 nitrogen and oxygen atoms in total. The van der Waals surface area contributed by atoms with E-state index in [-0.39, 0.29) is 44.2 Å². The fourth-order valence-electron chi connectivity index (χ4n) is 0. The van der Waals surface area contributed by atoms with Gasteiger partial charge in [0.1, 0.15) is 0 Å². The van der Waals surface area contributed by atoms with Gasteiger partial charge >= 0.3 is 0 Å². The minimum Gasteiger partial charge on any atom is -0.412 e. The van der Waals surface area contributed by atoms with Crippen LogP contribution in [0.2, 0.25) is 0 Å². The average Bonchev–Trinajstić information content (AvgIpc) is 2.14. The average molecular weight is 288 g/mol. The molecular formula is C3H26O12S. The number of rotatable bonds is 1. The summed E-state index contributed by atoms with van der Waals surface area (Å²) in [7, 11) is 0. The van der Waals surface area contributed by atoms with Gasteiger partial charge in [-0.15, -0.1) is 0 Å². The molecule has 0 rings (SSSR count). The third kappa shape index (κ3) is 10500. The van der Waals surface area contributed by atoms with E-state index in [1.807, 2.05) is 0 Å². The van der Waals surface area contributed by atoms with E-state index in [0.717, 1.165) is 0 Å². The highest BCUT2D eigenvalue weighted by molar-refractivity contribution is 7.74. The molecule has 0 saturated carbocycles. The van der Waals surface area contributed by atoms with E-state index < -0.39 is 0 Å². The third-order valence-electron chi connectivity index (χ3n) is 0. The summed E-state index contributed by atoms with van der Waals surface area (Å²) in [5.74, 6) is 0. The molecule has 0 aromatic carbocycles. The predicted molar refractivity (Wildman–Crippen MR) is 64.6 cm³/mol. The van der Waals surface area contributed by atoms with Gasteiger partial charge in [0.15, 0.2) is 0 Å². The zero-order valence-corrected chi connectivity index (χ0v) is 6.76. The van der Waals surface area contributed by atoms with Crippen molar-refractivity contribution in [3.05, 3.63) is 9.93 Å². The minimum atomic E-state index is 0. The summed E-state index contributed by atoms with van der Waals surface area (Å²) in [6, 6.07) is 0. The summed E-state index contributed by atoms with van der Waals surface area (Å²) in [6.45, 7) is 0. The maximum absolute atomic E-state index is 7.00. The lowest BCUT2D eigenvalue weighted by molar-refractivity contribution is -0.176. The van der Waals surface area contributed by atoms with Crippen LogP contribution in [0.5, 0.6) is 0 Å². The van der Waals surface area contributed by atoms with Gasteiger partial charge in [0.2, 0.25) is 0 Å². The lowest BCUT2D eigenvalue weighted by Crippen LogP contribution is -1.43. The van der Waals surface area contributed by atoms with Crippen molar-refractivity contribution in [3.8, 4) is 0 Å². The summed E-state index contributed by atoms with van der Waals surface area (Å²) in [4.78, 5) is 14.0. The van der Waals surface area contributed by atoms with Gasteiger partial charge < -0.3 is 21.9 Å². The first-order valence-corrected chi connectivity index (χ1v) is 1.28. The topological polar surface area (TPSA) is 271 Å². The molecule has 13 N–H and O–H groups in total. The molecule has 13 heteroatoms. The Morgan fingerprint density at radius 2 is 0.875 bits per heavy atom. The van der Waals surface area contributed by atoms with Crippen molar-refractivity contribution < 1.29 is 52.5 Å². The predicted octanol–water partition coefficient (Wildman–Crippen LogP) is -0.968. The highest BCUT2D eigenvalue weighted by Crippen LogP contribution is 1.56. The van der Waals surface area contributed by atoms with Gasteiger partial charge in [0, 0.05) is 22.8 Å². The second-order valence-electron chi connectivity index (χ2n) is 0.0745. The summed E-state index contributed by atoms with van der Waals surface area (Å²) >= 11 is 3.01. The van der Waals surface area contributed by atoms with E-state index in [1.54, 1.807) is 0 Å². The van der Waals surface area contributed by atoms with Crippen LogP contribution in [0, 0.1) is 9.93 Å². The fourth-order valence-corrected chi connectivity index (χ4v) is 0. The van der Waals surface area contributed by atoms with Gasteiger partial charge in [-0.1, -0.05) is 22.3 Å². The molecule has 0 spiro atoms. The zero-order valence-electron chi connectivity index (χ0n) is 6.87.